The molecule has 80 valence electrons. The third kappa shape index (κ3) is 2.35. The van der Waals surface area contributed by atoms with Crippen LogP contribution in [0.4, 0.5) is 0 Å². The van der Waals surface area contributed by atoms with Crippen molar-refractivity contribution in [2.45, 2.75) is 13.8 Å². The van der Waals surface area contributed by atoms with E-state index in [9.17, 15) is 19.7 Å². The Balaban J connectivity index is 3.93. The van der Waals surface area contributed by atoms with Crippen molar-refractivity contribution in [2.75, 3.05) is 0 Å². The van der Waals surface area contributed by atoms with Crippen molar-refractivity contribution in [3.63, 3.8) is 0 Å². The Labute approximate surface area is 87.7 Å². The molecule has 0 heterocycles. The van der Waals surface area contributed by atoms with Crippen molar-refractivity contribution < 1.29 is 19.7 Å². The highest BCUT2D eigenvalue weighted by Gasteiger charge is 2.12. The molecule has 0 radical (unpaired) electrons. The molecule has 4 nitrogen and oxygen atoms in total. The maximum atomic E-state index is 10.9. The molecule has 0 aromatic heterocycles. The van der Waals surface area contributed by atoms with Crippen LogP contribution in [0.1, 0.15) is 13.8 Å². The molecule has 2 N–H and O–H groups in total. The molecule has 0 saturated carbocycles. The number of benzene rings is 1. The first-order valence-corrected chi connectivity index (χ1v) is 5.46. The van der Waals surface area contributed by atoms with E-state index in [1.165, 1.54) is 26.0 Å². The van der Waals surface area contributed by atoms with Gasteiger partial charge < -0.3 is 15.1 Å². The molecule has 1 rings (SSSR count). The molecule has 0 aliphatic heterocycles. The van der Waals surface area contributed by atoms with Gasteiger partial charge in [0.05, 0.1) is 11.0 Å². The molecular weight excluding hydrogens is 215 g/mol. The predicted molar refractivity (Wildman–Crippen MR) is 56.4 cm³/mol. The first kappa shape index (κ1) is 11.7. The van der Waals surface area contributed by atoms with E-state index in [-0.39, 0.29) is 22.0 Å². The Kier molecular flexibility index (Phi) is 3.45. The highest BCUT2D eigenvalue weighted by molar-refractivity contribution is 7.45. The SMILES string of the molecule is CC(O)=c1cccc([P+](=O)[O-])c1=C(C)O. The van der Waals surface area contributed by atoms with Crippen LogP contribution in [0, 0.1) is 0 Å². The molecule has 1 unspecified atom stereocenters. The number of rotatable bonds is 1. The van der Waals surface area contributed by atoms with E-state index in [0.29, 0.717) is 5.22 Å². The van der Waals surface area contributed by atoms with Crippen molar-refractivity contribution in [1.82, 2.24) is 0 Å². The molecular formula is C10H11O4P. The summed E-state index contributed by atoms with van der Waals surface area (Å²) in [6.07, 6.45) is 0. The van der Waals surface area contributed by atoms with Gasteiger partial charge in [-0.25, -0.2) is 0 Å². The van der Waals surface area contributed by atoms with Gasteiger partial charge in [0.1, 0.15) is 5.76 Å². The lowest BCUT2D eigenvalue weighted by Crippen LogP contribution is -2.40. The Bertz CT molecular complexity index is 511. The minimum Gasteiger partial charge on any atom is -0.591 e. The molecule has 0 saturated heterocycles. The summed E-state index contributed by atoms with van der Waals surface area (Å²) in [5, 5.41) is 19.3. The number of hydrogen-bond donors (Lipinski definition) is 2. The monoisotopic (exact) mass is 226 g/mol. The van der Waals surface area contributed by atoms with Crippen LogP contribution in [-0.4, -0.2) is 10.2 Å². The quantitative estimate of drug-likeness (QED) is 0.649. The van der Waals surface area contributed by atoms with Gasteiger partial charge in [-0.3, -0.25) is 0 Å². The first-order valence-electron chi connectivity index (χ1n) is 4.28. The van der Waals surface area contributed by atoms with Gasteiger partial charge in [-0.2, -0.15) is 0 Å². The molecule has 1 atom stereocenters. The summed E-state index contributed by atoms with van der Waals surface area (Å²) < 4.78 is 10.9. The molecule has 1 aromatic rings. The molecule has 0 aliphatic carbocycles. The Morgan fingerprint density at radius 3 is 2.27 bits per heavy atom. The molecule has 15 heavy (non-hydrogen) atoms. The standard InChI is InChI=1S/C10H11O4P/c1-6(11)8-4-3-5-9(15(13)14)10(8)7(2)12/h3-5,11-12H,1-2H3. The van der Waals surface area contributed by atoms with Crippen LogP contribution in [0.5, 0.6) is 0 Å². The summed E-state index contributed by atoms with van der Waals surface area (Å²) in [6, 6.07) is 4.45. The van der Waals surface area contributed by atoms with Crippen molar-refractivity contribution >= 4 is 24.9 Å². The molecule has 0 fully saturated rings. The maximum absolute atomic E-state index is 10.9. The van der Waals surface area contributed by atoms with E-state index < -0.39 is 8.03 Å². The zero-order valence-corrected chi connectivity index (χ0v) is 9.28. The third-order valence-corrected chi connectivity index (χ3v) is 2.76. The molecule has 5 heteroatoms. The van der Waals surface area contributed by atoms with E-state index in [0.717, 1.165) is 0 Å². The summed E-state index contributed by atoms with van der Waals surface area (Å²) in [4.78, 5) is 10.9. The average molecular weight is 226 g/mol. The minimum atomic E-state index is -2.80. The Morgan fingerprint density at radius 2 is 1.87 bits per heavy atom. The fourth-order valence-corrected chi connectivity index (χ4v) is 2.05. The van der Waals surface area contributed by atoms with Crippen LogP contribution in [0.2, 0.25) is 0 Å². The van der Waals surface area contributed by atoms with E-state index in [2.05, 4.69) is 0 Å². The summed E-state index contributed by atoms with van der Waals surface area (Å²) in [7, 11) is -2.80. The second-order valence-corrected chi connectivity index (χ2v) is 4.12. The smallest absolute Gasteiger partial charge is 0.349 e. The highest BCUT2D eigenvalue weighted by Crippen LogP contribution is 2.02. The number of aliphatic hydroxyl groups is 2. The van der Waals surface area contributed by atoms with Crippen molar-refractivity contribution in [3.8, 4) is 0 Å². The van der Waals surface area contributed by atoms with Gasteiger partial charge in [-0.15, -0.1) is 0 Å². The highest BCUT2D eigenvalue weighted by atomic mass is 31.1. The van der Waals surface area contributed by atoms with Gasteiger partial charge in [-0.1, -0.05) is 16.7 Å². The summed E-state index contributed by atoms with van der Waals surface area (Å²) >= 11 is 0. The van der Waals surface area contributed by atoms with Crippen LogP contribution in [0.3, 0.4) is 0 Å². The van der Waals surface area contributed by atoms with Gasteiger partial charge in [0.2, 0.25) is 0 Å². The van der Waals surface area contributed by atoms with Crippen LogP contribution in [0.15, 0.2) is 18.2 Å². The summed E-state index contributed by atoms with van der Waals surface area (Å²) in [6.45, 7) is 2.81. The zero-order chi connectivity index (χ0) is 11.6. The van der Waals surface area contributed by atoms with Crippen LogP contribution >= 0.6 is 8.03 Å². The third-order valence-electron chi connectivity index (χ3n) is 1.99. The number of aliphatic hydroxyl groups excluding tert-OH is 2. The lowest BCUT2D eigenvalue weighted by Gasteiger charge is -1.97. The Hall–Kier alpha value is -1.38. The normalized spacial score (nSPS) is 15.8. The van der Waals surface area contributed by atoms with Crippen molar-refractivity contribution in [1.29, 1.82) is 0 Å². The number of hydrogen-bond acceptors (Lipinski definition) is 4. The largest absolute Gasteiger partial charge is 0.591 e. The topological polar surface area (TPSA) is 80.6 Å². The minimum absolute atomic E-state index is 0.0101. The fourth-order valence-electron chi connectivity index (χ4n) is 1.37. The van der Waals surface area contributed by atoms with Gasteiger partial charge in [-0.05, 0) is 19.9 Å². The predicted octanol–water partition coefficient (Wildman–Crippen LogP) is -0.213. The van der Waals surface area contributed by atoms with Gasteiger partial charge in [0.15, 0.2) is 5.30 Å². The molecule has 0 aliphatic rings. The summed E-state index contributed by atoms with van der Waals surface area (Å²) in [5.74, 6) is -0.162. The van der Waals surface area contributed by atoms with E-state index in [1.54, 1.807) is 6.07 Å². The maximum Gasteiger partial charge on any atom is 0.349 e. The lowest BCUT2D eigenvalue weighted by atomic mass is 10.2. The van der Waals surface area contributed by atoms with Crippen molar-refractivity contribution in [2.24, 2.45) is 0 Å². The molecule has 0 bridgehead atoms. The summed E-state index contributed by atoms with van der Waals surface area (Å²) in [5.41, 5.74) is 0. The fraction of sp³-hybridized carbons (Fsp3) is 0.200. The van der Waals surface area contributed by atoms with Crippen molar-refractivity contribution in [3.05, 3.63) is 28.6 Å². The zero-order valence-electron chi connectivity index (χ0n) is 8.39. The van der Waals surface area contributed by atoms with E-state index in [4.69, 9.17) is 0 Å². The van der Waals surface area contributed by atoms with Crippen LogP contribution < -0.4 is 20.6 Å². The molecule has 0 spiro atoms. The van der Waals surface area contributed by atoms with E-state index >= 15 is 0 Å². The average Bonchev–Trinajstić information content (AvgIpc) is 2.16. The van der Waals surface area contributed by atoms with Gasteiger partial charge >= 0.3 is 8.03 Å². The van der Waals surface area contributed by atoms with Crippen LogP contribution in [-0.2, 0) is 4.57 Å². The van der Waals surface area contributed by atoms with Gasteiger partial charge in [0.25, 0.3) is 0 Å². The lowest BCUT2D eigenvalue weighted by molar-refractivity contribution is -0.160. The van der Waals surface area contributed by atoms with E-state index in [1.807, 2.05) is 0 Å². The second-order valence-electron chi connectivity index (χ2n) is 3.13. The molecule has 0 amide bonds. The Morgan fingerprint density at radius 1 is 1.27 bits per heavy atom. The van der Waals surface area contributed by atoms with Gasteiger partial charge in [0, 0.05) is 5.22 Å². The first-order chi connectivity index (χ1) is 6.95. The second kappa shape index (κ2) is 4.43. The van der Waals surface area contributed by atoms with Crippen LogP contribution in [0.25, 0.3) is 11.5 Å². The molecule has 1 aromatic carbocycles.